The standard InChI is InChI=1S/C15H28N2O2/c1-2-11-7-3-4-8-12(11)16-15(19)17-13-9-5-6-10-14(13)18/h11-14,18H,2-10H2,1H3,(H2,16,17,19). The van der Waals surface area contributed by atoms with Crippen LogP contribution in [0.15, 0.2) is 0 Å². The van der Waals surface area contributed by atoms with Gasteiger partial charge in [0.2, 0.25) is 0 Å². The fourth-order valence-electron chi connectivity index (χ4n) is 3.54. The lowest BCUT2D eigenvalue weighted by Crippen LogP contribution is -2.53. The Labute approximate surface area is 116 Å². The van der Waals surface area contributed by atoms with Crippen LogP contribution >= 0.6 is 0 Å². The van der Waals surface area contributed by atoms with Gasteiger partial charge in [-0.25, -0.2) is 4.79 Å². The maximum absolute atomic E-state index is 12.1. The molecule has 4 heteroatoms. The van der Waals surface area contributed by atoms with E-state index in [2.05, 4.69) is 17.6 Å². The second-order valence-corrected chi connectivity index (χ2v) is 6.14. The number of hydrogen-bond donors (Lipinski definition) is 3. The number of carbonyl (C=O) groups excluding carboxylic acids is 1. The van der Waals surface area contributed by atoms with E-state index in [0.29, 0.717) is 12.0 Å². The van der Waals surface area contributed by atoms with Crippen molar-refractivity contribution < 1.29 is 9.90 Å². The number of aliphatic hydroxyl groups is 1. The fourth-order valence-corrected chi connectivity index (χ4v) is 3.54. The predicted octanol–water partition coefficient (Wildman–Crippen LogP) is 2.56. The Morgan fingerprint density at radius 3 is 2.26 bits per heavy atom. The Hall–Kier alpha value is -0.770. The molecule has 2 saturated carbocycles. The van der Waals surface area contributed by atoms with Crippen molar-refractivity contribution in [2.75, 3.05) is 0 Å². The van der Waals surface area contributed by atoms with E-state index in [4.69, 9.17) is 0 Å². The van der Waals surface area contributed by atoms with Gasteiger partial charge in [0.05, 0.1) is 12.1 Å². The number of carbonyl (C=O) groups is 1. The zero-order valence-corrected chi connectivity index (χ0v) is 12.0. The van der Waals surface area contributed by atoms with Crippen LogP contribution in [0.4, 0.5) is 4.79 Å². The van der Waals surface area contributed by atoms with E-state index >= 15 is 0 Å². The lowest BCUT2D eigenvalue weighted by Gasteiger charge is -2.33. The third-order valence-electron chi connectivity index (χ3n) is 4.80. The predicted molar refractivity (Wildman–Crippen MR) is 76.0 cm³/mol. The van der Waals surface area contributed by atoms with E-state index < -0.39 is 0 Å². The summed E-state index contributed by atoms with van der Waals surface area (Å²) >= 11 is 0. The molecular weight excluding hydrogens is 240 g/mol. The van der Waals surface area contributed by atoms with Crippen molar-refractivity contribution in [1.82, 2.24) is 10.6 Å². The van der Waals surface area contributed by atoms with Gasteiger partial charge < -0.3 is 15.7 Å². The smallest absolute Gasteiger partial charge is 0.315 e. The van der Waals surface area contributed by atoms with E-state index in [9.17, 15) is 9.90 Å². The van der Waals surface area contributed by atoms with Crippen molar-refractivity contribution in [2.45, 2.75) is 82.9 Å². The molecule has 3 N–H and O–H groups in total. The molecule has 19 heavy (non-hydrogen) atoms. The van der Waals surface area contributed by atoms with Gasteiger partial charge in [-0.1, -0.05) is 39.0 Å². The van der Waals surface area contributed by atoms with Crippen molar-refractivity contribution in [2.24, 2.45) is 5.92 Å². The van der Waals surface area contributed by atoms with E-state index in [0.717, 1.165) is 38.5 Å². The molecule has 4 atom stereocenters. The van der Waals surface area contributed by atoms with Crippen LogP contribution in [0.1, 0.15) is 64.7 Å². The molecule has 0 heterocycles. The maximum atomic E-state index is 12.1. The molecule has 2 fully saturated rings. The van der Waals surface area contributed by atoms with Gasteiger partial charge in [-0.3, -0.25) is 0 Å². The molecule has 2 aliphatic rings. The molecule has 0 aromatic carbocycles. The summed E-state index contributed by atoms with van der Waals surface area (Å²) in [6.45, 7) is 2.20. The first-order chi connectivity index (χ1) is 9.20. The third kappa shape index (κ3) is 4.10. The van der Waals surface area contributed by atoms with Gasteiger partial charge in [-0.05, 0) is 31.6 Å². The number of hydrogen-bond acceptors (Lipinski definition) is 2. The van der Waals surface area contributed by atoms with E-state index in [-0.39, 0.29) is 18.2 Å². The Kier molecular flexibility index (Phi) is 5.49. The lowest BCUT2D eigenvalue weighted by molar-refractivity contribution is 0.0934. The Balaban J connectivity index is 1.79. The molecule has 4 nitrogen and oxygen atoms in total. The second-order valence-electron chi connectivity index (χ2n) is 6.14. The molecule has 2 aliphatic carbocycles. The summed E-state index contributed by atoms with van der Waals surface area (Å²) in [5.74, 6) is 0.621. The third-order valence-corrected chi connectivity index (χ3v) is 4.80. The molecule has 0 spiro atoms. The molecule has 0 bridgehead atoms. The minimum atomic E-state index is -0.368. The monoisotopic (exact) mass is 268 g/mol. The first-order valence-electron chi connectivity index (χ1n) is 7.95. The summed E-state index contributed by atoms with van der Waals surface area (Å²) < 4.78 is 0. The molecule has 2 amide bonds. The van der Waals surface area contributed by atoms with Gasteiger partial charge >= 0.3 is 6.03 Å². The van der Waals surface area contributed by atoms with Crippen LogP contribution in [0.2, 0.25) is 0 Å². The Bertz CT molecular complexity index is 296. The van der Waals surface area contributed by atoms with Crippen LogP contribution in [-0.4, -0.2) is 29.3 Å². The molecule has 2 rings (SSSR count). The van der Waals surface area contributed by atoms with Crippen molar-refractivity contribution in [3.63, 3.8) is 0 Å². The summed E-state index contributed by atoms with van der Waals surface area (Å²) in [5.41, 5.74) is 0. The highest BCUT2D eigenvalue weighted by atomic mass is 16.3. The van der Waals surface area contributed by atoms with Gasteiger partial charge in [-0.2, -0.15) is 0 Å². The number of nitrogens with one attached hydrogen (secondary N) is 2. The quantitative estimate of drug-likeness (QED) is 0.736. The largest absolute Gasteiger partial charge is 0.391 e. The Morgan fingerprint density at radius 2 is 1.58 bits per heavy atom. The van der Waals surface area contributed by atoms with E-state index in [1.54, 1.807) is 0 Å². The van der Waals surface area contributed by atoms with Gasteiger partial charge in [0.1, 0.15) is 0 Å². The highest BCUT2D eigenvalue weighted by Crippen LogP contribution is 2.26. The van der Waals surface area contributed by atoms with Crippen molar-refractivity contribution in [1.29, 1.82) is 0 Å². The topological polar surface area (TPSA) is 61.4 Å². The summed E-state index contributed by atoms with van der Waals surface area (Å²) in [6.07, 6.45) is 9.48. The van der Waals surface area contributed by atoms with Crippen LogP contribution in [0, 0.1) is 5.92 Å². The fraction of sp³-hybridized carbons (Fsp3) is 0.933. The highest BCUT2D eigenvalue weighted by Gasteiger charge is 2.28. The lowest BCUT2D eigenvalue weighted by atomic mass is 9.83. The van der Waals surface area contributed by atoms with Gasteiger partial charge in [-0.15, -0.1) is 0 Å². The van der Waals surface area contributed by atoms with Gasteiger partial charge in [0.25, 0.3) is 0 Å². The van der Waals surface area contributed by atoms with Crippen LogP contribution < -0.4 is 10.6 Å². The van der Waals surface area contributed by atoms with Crippen LogP contribution in [0.5, 0.6) is 0 Å². The van der Waals surface area contributed by atoms with Crippen LogP contribution in [-0.2, 0) is 0 Å². The summed E-state index contributed by atoms with van der Waals surface area (Å²) in [7, 11) is 0. The SMILES string of the molecule is CCC1CCCCC1NC(=O)NC1CCCCC1O. The summed E-state index contributed by atoms with van der Waals surface area (Å²) in [6, 6.07) is 0.174. The van der Waals surface area contributed by atoms with Crippen LogP contribution in [0.25, 0.3) is 0 Å². The zero-order valence-electron chi connectivity index (χ0n) is 12.0. The first-order valence-corrected chi connectivity index (χ1v) is 7.95. The van der Waals surface area contributed by atoms with E-state index in [1.807, 2.05) is 0 Å². The van der Waals surface area contributed by atoms with Gasteiger partial charge in [0.15, 0.2) is 0 Å². The summed E-state index contributed by atoms with van der Waals surface area (Å²) in [5, 5.41) is 16.0. The average Bonchev–Trinajstić information content (AvgIpc) is 2.42. The Morgan fingerprint density at radius 1 is 1.00 bits per heavy atom. The molecule has 0 saturated heterocycles. The van der Waals surface area contributed by atoms with Crippen molar-refractivity contribution in [3.8, 4) is 0 Å². The normalized spacial score (nSPS) is 35.7. The minimum absolute atomic E-state index is 0.0579. The second kappa shape index (κ2) is 7.13. The number of amides is 2. The molecular formula is C15H28N2O2. The zero-order chi connectivity index (χ0) is 13.7. The average molecular weight is 268 g/mol. The van der Waals surface area contributed by atoms with Crippen molar-refractivity contribution >= 4 is 6.03 Å². The molecule has 110 valence electrons. The molecule has 0 aromatic rings. The molecule has 0 aromatic heterocycles. The molecule has 0 aliphatic heterocycles. The van der Waals surface area contributed by atoms with Crippen molar-refractivity contribution in [3.05, 3.63) is 0 Å². The molecule has 0 radical (unpaired) electrons. The van der Waals surface area contributed by atoms with Crippen LogP contribution in [0.3, 0.4) is 0 Å². The number of rotatable bonds is 3. The van der Waals surface area contributed by atoms with Gasteiger partial charge in [0, 0.05) is 6.04 Å². The summed E-state index contributed by atoms with van der Waals surface area (Å²) in [4.78, 5) is 12.1. The maximum Gasteiger partial charge on any atom is 0.315 e. The minimum Gasteiger partial charge on any atom is -0.391 e. The first kappa shape index (κ1) is 14.6. The van der Waals surface area contributed by atoms with E-state index in [1.165, 1.54) is 19.3 Å². The molecule has 4 unspecified atom stereocenters. The number of aliphatic hydroxyl groups excluding tert-OH is 1. The number of urea groups is 1. The highest BCUT2D eigenvalue weighted by molar-refractivity contribution is 5.74.